The van der Waals surface area contributed by atoms with E-state index in [1.54, 1.807) is 12.4 Å². The lowest BCUT2D eigenvalue weighted by Gasteiger charge is -2.11. The van der Waals surface area contributed by atoms with Crippen LogP contribution in [-0.2, 0) is 0 Å². The minimum atomic E-state index is 0.733. The second kappa shape index (κ2) is 5.74. The van der Waals surface area contributed by atoms with Gasteiger partial charge in [-0.25, -0.2) is 4.63 Å². The highest BCUT2D eigenvalue weighted by atomic mass is 16.6. The van der Waals surface area contributed by atoms with Crippen LogP contribution in [-0.4, -0.2) is 20.3 Å². The number of aromatic nitrogens is 4. The van der Waals surface area contributed by atoms with Gasteiger partial charge in [-0.2, -0.15) is 0 Å². The van der Waals surface area contributed by atoms with Gasteiger partial charge in [0.1, 0.15) is 11.0 Å². The van der Waals surface area contributed by atoms with Crippen molar-refractivity contribution >= 4 is 21.9 Å². The molecule has 0 unspecified atom stereocenters. The van der Waals surface area contributed by atoms with Crippen molar-refractivity contribution in [2.75, 3.05) is 0 Å². The van der Waals surface area contributed by atoms with Crippen molar-refractivity contribution in [2.24, 2.45) is 0 Å². The van der Waals surface area contributed by atoms with Gasteiger partial charge in [0, 0.05) is 35.1 Å². The minimum Gasteiger partial charge on any atom is -0.265 e. The summed E-state index contributed by atoms with van der Waals surface area (Å²) in [5, 5.41) is 9.15. The largest absolute Gasteiger partial charge is 0.265 e. The van der Waals surface area contributed by atoms with Gasteiger partial charge in [0.2, 0.25) is 0 Å². The zero-order valence-corrected chi connectivity index (χ0v) is 14.0. The van der Waals surface area contributed by atoms with Gasteiger partial charge in [0.15, 0.2) is 0 Å². The molecule has 0 aliphatic carbocycles. The summed E-state index contributed by atoms with van der Waals surface area (Å²) in [6.45, 7) is 2.05. The maximum Gasteiger partial charge on any atom is 0.143 e. The quantitative estimate of drug-likeness (QED) is 0.462. The molecule has 0 bridgehead atoms. The second-order valence-electron chi connectivity index (χ2n) is 6.28. The summed E-state index contributed by atoms with van der Waals surface area (Å²) in [5.74, 6) is 0. The average molecular weight is 338 g/mol. The van der Waals surface area contributed by atoms with Gasteiger partial charge in [0.05, 0.1) is 5.52 Å². The van der Waals surface area contributed by atoms with Crippen LogP contribution < -0.4 is 0 Å². The summed E-state index contributed by atoms with van der Waals surface area (Å²) in [6, 6.07) is 16.3. The first-order valence-corrected chi connectivity index (χ1v) is 8.32. The van der Waals surface area contributed by atoms with Crippen LogP contribution in [0.2, 0.25) is 0 Å². The number of nitrogens with zero attached hydrogens (tertiary/aromatic N) is 4. The molecule has 3 aromatic heterocycles. The van der Waals surface area contributed by atoms with Gasteiger partial charge < -0.3 is 0 Å². The van der Waals surface area contributed by atoms with Gasteiger partial charge in [-0.3, -0.25) is 9.97 Å². The van der Waals surface area contributed by atoms with Gasteiger partial charge in [-0.15, -0.1) is 0 Å². The second-order valence-corrected chi connectivity index (χ2v) is 6.28. The zero-order valence-electron chi connectivity index (χ0n) is 14.0. The van der Waals surface area contributed by atoms with E-state index in [1.165, 1.54) is 0 Å². The van der Waals surface area contributed by atoms with E-state index in [0.29, 0.717) is 0 Å². The highest BCUT2D eigenvalue weighted by molar-refractivity contribution is 6.03. The van der Waals surface area contributed by atoms with E-state index in [0.717, 1.165) is 49.8 Å². The van der Waals surface area contributed by atoms with Gasteiger partial charge in [0.25, 0.3) is 0 Å². The monoisotopic (exact) mass is 338 g/mol. The Morgan fingerprint density at radius 2 is 1.69 bits per heavy atom. The Labute approximate surface area is 149 Å². The molecule has 5 heteroatoms. The van der Waals surface area contributed by atoms with Crippen LogP contribution in [0.4, 0.5) is 0 Å². The molecule has 124 valence electrons. The minimum absolute atomic E-state index is 0.733. The molecule has 2 aromatic carbocycles. The molecule has 0 saturated heterocycles. The smallest absolute Gasteiger partial charge is 0.143 e. The molecule has 5 rings (SSSR count). The van der Waals surface area contributed by atoms with E-state index in [4.69, 9.17) is 9.61 Å². The van der Waals surface area contributed by atoms with E-state index < -0.39 is 0 Å². The Balaban J connectivity index is 1.87. The number of rotatable bonds is 2. The van der Waals surface area contributed by atoms with Crippen molar-refractivity contribution < 1.29 is 4.63 Å². The molecular weight excluding hydrogens is 324 g/mol. The highest BCUT2D eigenvalue weighted by Crippen LogP contribution is 2.35. The van der Waals surface area contributed by atoms with Crippen molar-refractivity contribution in [1.82, 2.24) is 20.3 Å². The Kier molecular flexibility index (Phi) is 3.25. The van der Waals surface area contributed by atoms with Crippen LogP contribution in [0.25, 0.3) is 44.2 Å². The van der Waals surface area contributed by atoms with Gasteiger partial charge in [-0.05, 0) is 70.3 Å². The number of hydrogen-bond donors (Lipinski definition) is 0. The predicted octanol–water partition coefficient (Wildman–Crippen LogP) is 4.81. The van der Waals surface area contributed by atoms with E-state index in [1.807, 2.05) is 43.5 Å². The van der Waals surface area contributed by atoms with E-state index in [2.05, 4.69) is 33.5 Å². The molecule has 0 atom stereocenters. The molecule has 5 nitrogen and oxygen atoms in total. The summed E-state index contributed by atoms with van der Waals surface area (Å²) >= 11 is 0. The number of hydrogen-bond acceptors (Lipinski definition) is 5. The van der Waals surface area contributed by atoms with Gasteiger partial charge >= 0.3 is 0 Å². The van der Waals surface area contributed by atoms with E-state index in [-0.39, 0.29) is 0 Å². The Hall–Kier alpha value is -3.60. The summed E-state index contributed by atoms with van der Waals surface area (Å²) in [5.41, 5.74) is 7.71. The lowest BCUT2D eigenvalue weighted by molar-refractivity contribution is 0.315. The molecule has 5 aromatic rings. The number of benzene rings is 2. The number of aryl methyl sites for hydroxylation is 1. The molecule has 0 N–H and O–H groups in total. The highest BCUT2D eigenvalue weighted by Gasteiger charge is 2.14. The molecule has 0 radical (unpaired) electrons. The topological polar surface area (TPSA) is 64.7 Å². The van der Waals surface area contributed by atoms with E-state index >= 15 is 0 Å². The molecule has 26 heavy (non-hydrogen) atoms. The van der Waals surface area contributed by atoms with Crippen molar-refractivity contribution in [3.8, 4) is 22.3 Å². The number of pyridine rings is 2. The maximum absolute atomic E-state index is 4.94. The van der Waals surface area contributed by atoms with Crippen molar-refractivity contribution in [3.63, 3.8) is 0 Å². The summed E-state index contributed by atoms with van der Waals surface area (Å²) in [4.78, 5) is 8.81. The predicted molar refractivity (Wildman–Crippen MR) is 101 cm³/mol. The van der Waals surface area contributed by atoms with Crippen LogP contribution in [0.1, 0.15) is 5.56 Å². The summed E-state index contributed by atoms with van der Waals surface area (Å²) in [6.07, 6.45) is 5.49. The lowest BCUT2D eigenvalue weighted by Crippen LogP contribution is -1.90. The van der Waals surface area contributed by atoms with Crippen molar-refractivity contribution in [3.05, 3.63) is 72.7 Å². The first-order valence-electron chi connectivity index (χ1n) is 8.32. The molecule has 0 fully saturated rings. The molecule has 0 aliphatic heterocycles. The Bertz CT molecular complexity index is 1250. The van der Waals surface area contributed by atoms with Crippen LogP contribution >= 0.6 is 0 Å². The van der Waals surface area contributed by atoms with E-state index in [9.17, 15) is 0 Å². The Morgan fingerprint density at radius 1 is 0.808 bits per heavy atom. The third-order valence-electron chi connectivity index (χ3n) is 4.51. The number of fused-ring (bicyclic) bond motifs is 2. The van der Waals surface area contributed by atoms with Crippen molar-refractivity contribution in [2.45, 2.75) is 6.92 Å². The third kappa shape index (κ3) is 2.33. The normalized spacial score (nSPS) is 11.3. The van der Waals surface area contributed by atoms with Crippen LogP contribution in [0, 0.1) is 6.92 Å². The first kappa shape index (κ1) is 14.7. The maximum atomic E-state index is 4.94. The molecule has 0 aliphatic rings. The lowest BCUT2D eigenvalue weighted by atomic mass is 9.95. The van der Waals surface area contributed by atoms with Crippen LogP contribution in [0.3, 0.4) is 0 Å². The standard InChI is InChI=1S/C21H14N4O/c1-13-9-16-10-15(14-5-7-22-8-6-14)11-18(20(16)23-12-13)17-3-2-4-19-21(17)25-26-24-19/h2-12H,1H3. The Morgan fingerprint density at radius 3 is 2.58 bits per heavy atom. The summed E-state index contributed by atoms with van der Waals surface area (Å²) < 4.78 is 4.94. The third-order valence-corrected chi connectivity index (χ3v) is 4.51. The average Bonchev–Trinajstić information content (AvgIpc) is 3.16. The zero-order chi connectivity index (χ0) is 17.5. The van der Waals surface area contributed by atoms with Crippen LogP contribution in [0.15, 0.2) is 71.8 Å². The summed E-state index contributed by atoms with van der Waals surface area (Å²) in [7, 11) is 0. The molecule has 0 saturated carbocycles. The first-order chi connectivity index (χ1) is 12.8. The fraction of sp³-hybridized carbons (Fsp3) is 0.0476. The molecule has 0 spiro atoms. The van der Waals surface area contributed by atoms with Gasteiger partial charge in [-0.1, -0.05) is 12.1 Å². The molecule has 3 heterocycles. The van der Waals surface area contributed by atoms with Crippen molar-refractivity contribution in [1.29, 1.82) is 0 Å². The fourth-order valence-corrected chi connectivity index (χ4v) is 3.30. The SMILES string of the molecule is Cc1cnc2c(-c3cccc4nonc34)cc(-c3ccncc3)cc2c1. The van der Waals surface area contributed by atoms with Crippen LogP contribution in [0.5, 0.6) is 0 Å². The molecule has 0 amide bonds. The molecular formula is C21H14N4O. The fourth-order valence-electron chi connectivity index (χ4n) is 3.30.